The fourth-order valence-corrected chi connectivity index (χ4v) is 3.65. The summed E-state index contributed by atoms with van der Waals surface area (Å²) in [4.78, 5) is 29.4. The number of fused-ring (bicyclic) bond motifs is 2. The number of amides is 1. The van der Waals surface area contributed by atoms with E-state index in [4.69, 9.17) is 4.74 Å². The molecule has 28 heavy (non-hydrogen) atoms. The van der Waals surface area contributed by atoms with Crippen molar-refractivity contribution in [2.75, 3.05) is 0 Å². The number of hydrogen-bond acceptors (Lipinski definition) is 5. The van der Waals surface area contributed by atoms with Crippen LogP contribution in [-0.2, 0) is 18.4 Å². The summed E-state index contributed by atoms with van der Waals surface area (Å²) in [6, 6.07) is 7.63. The Bertz CT molecular complexity index is 1100. The van der Waals surface area contributed by atoms with Gasteiger partial charge < -0.3 is 10.1 Å². The highest BCUT2D eigenvalue weighted by Gasteiger charge is 2.34. The monoisotopic (exact) mass is 381 g/mol. The van der Waals surface area contributed by atoms with Crippen LogP contribution in [0.1, 0.15) is 38.3 Å². The molecule has 0 saturated heterocycles. The van der Waals surface area contributed by atoms with E-state index in [9.17, 15) is 9.59 Å². The zero-order valence-electron chi connectivity index (χ0n) is 16.2. The van der Waals surface area contributed by atoms with Gasteiger partial charge in [-0.2, -0.15) is 5.10 Å². The number of carbonyl (C=O) groups is 1. The van der Waals surface area contributed by atoms with E-state index < -0.39 is 0 Å². The van der Waals surface area contributed by atoms with Crippen LogP contribution in [0.3, 0.4) is 0 Å². The maximum Gasteiger partial charge on any atom is 0.264 e. The molecule has 8 nitrogen and oxygen atoms in total. The average Bonchev–Trinajstić information content (AvgIpc) is 3.02. The van der Waals surface area contributed by atoms with Crippen LogP contribution in [0.4, 0.5) is 0 Å². The maximum atomic E-state index is 12.6. The van der Waals surface area contributed by atoms with Crippen LogP contribution in [0.25, 0.3) is 11.0 Å². The summed E-state index contributed by atoms with van der Waals surface area (Å²) in [5.74, 6) is 0.683. The second-order valence-corrected chi connectivity index (χ2v) is 7.72. The predicted octanol–water partition coefficient (Wildman–Crippen LogP) is 1.94. The average molecular weight is 381 g/mol. The number of para-hydroxylation sites is 1. The van der Waals surface area contributed by atoms with Crippen molar-refractivity contribution < 1.29 is 9.53 Å². The first kappa shape index (κ1) is 18.2. The van der Waals surface area contributed by atoms with Crippen molar-refractivity contribution in [3.05, 3.63) is 52.7 Å². The molecular weight excluding hydrogens is 358 g/mol. The van der Waals surface area contributed by atoms with Gasteiger partial charge in [-0.1, -0.05) is 18.2 Å². The van der Waals surface area contributed by atoms with Gasteiger partial charge in [0.2, 0.25) is 5.91 Å². The molecule has 4 rings (SSSR count). The molecule has 0 radical (unpaired) electrons. The van der Waals surface area contributed by atoms with E-state index in [1.165, 1.54) is 17.1 Å². The Morgan fingerprint density at radius 2 is 2.14 bits per heavy atom. The Balaban J connectivity index is 1.47. The molecule has 0 aliphatic carbocycles. The lowest BCUT2D eigenvalue weighted by atomic mass is 9.89. The van der Waals surface area contributed by atoms with Crippen LogP contribution in [-0.4, -0.2) is 30.8 Å². The lowest BCUT2D eigenvalue weighted by Gasteiger charge is -2.37. The molecule has 0 spiro atoms. The summed E-state index contributed by atoms with van der Waals surface area (Å²) < 4.78 is 9.01. The minimum atomic E-state index is -0.363. The van der Waals surface area contributed by atoms with Gasteiger partial charge in [-0.15, -0.1) is 0 Å². The maximum absolute atomic E-state index is 12.6. The molecule has 8 heteroatoms. The molecule has 3 aromatic rings. The third-order valence-electron chi connectivity index (χ3n) is 5.01. The number of rotatable bonds is 4. The first-order valence-corrected chi connectivity index (χ1v) is 9.28. The Morgan fingerprint density at radius 3 is 2.96 bits per heavy atom. The van der Waals surface area contributed by atoms with E-state index in [0.29, 0.717) is 17.5 Å². The molecule has 0 unspecified atom stereocenters. The molecular formula is C20H23N5O3. The summed E-state index contributed by atoms with van der Waals surface area (Å²) in [6.07, 6.45) is 3.83. The first-order chi connectivity index (χ1) is 13.3. The quantitative estimate of drug-likeness (QED) is 0.746. The number of hydrogen-bond donors (Lipinski definition) is 1. The van der Waals surface area contributed by atoms with E-state index in [-0.39, 0.29) is 36.1 Å². The Hall–Kier alpha value is -3.16. The van der Waals surface area contributed by atoms with Gasteiger partial charge in [-0.3, -0.25) is 18.8 Å². The minimum Gasteiger partial charge on any atom is -0.487 e. The van der Waals surface area contributed by atoms with Crippen LogP contribution >= 0.6 is 0 Å². The number of aromatic nitrogens is 4. The van der Waals surface area contributed by atoms with E-state index in [0.717, 1.165) is 11.3 Å². The molecule has 2 aromatic heterocycles. The van der Waals surface area contributed by atoms with Gasteiger partial charge in [0.1, 0.15) is 16.7 Å². The molecule has 0 fully saturated rings. The highest BCUT2D eigenvalue weighted by Crippen LogP contribution is 2.39. The van der Waals surface area contributed by atoms with Crippen LogP contribution in [0.5, 0.6) is 5.75 Å². The van der Waals surface area contributed by atoms with Gasteiger partial charge in [0.05, 0.1) is 18.6 Å². The minimum absolute atomic E-state index is 0.115. The highest BCUT2D eigenvalue weighted by atomic mass is 16.5. The molecule has 1 aromatic carbocycles. The van der Waals surface area contributed by atoms with Crippen LogP contribution < -0.4 is 15.6 Å². The molecule has 1 amide bonds. The summed E-state index contributed by atoms with van der Waals surface area (Å²) in [5, 5.41) is 7.59. The smallest absolute Gasteiger partial charge is 0.264 e. The zero-order valence-corrected chi connectivity index (χ0v) is 16.2. The predicted molar refractivity (Wildman–Crippen MR) is 104 cm³/mol. The number of nitrogens with one attached hydrogen (secondary N) is 1. The summed E-state index contributed by atoms with van der Waals surface area (Å²) >= 11 is 0. The van der Waals surface area contributed by atoms with E-state index in [1.807, 2.05) is 38.1 Å². The second-order valence-electron chi connectivity index (χ2n) is 7.72. The number of carbonyl (C=O) groups excluding carboxylic acids is 1. The zero-order chi connectivity index (χ0) is 19.9. The van der Waals surface area contributed by atoms with E-state index in [2.05, 4.69) is 15.4 Å². The number of nitrogens with zero attached hydrogens (tertiary/aromatic N) is 4. The van der Waals surface area contributed by atoms with Gasteiger partial charge >= 0.3 is 0 Å². The summed E-state index contributed by atoms with van der Waals surface area (Å²) in [5.41, 5.74) is 0.958. The van der Waals surface area contributed by atoms with Crippen LogP contribution in [0, 0.1) is 0 Å². The molecule has 3 heterocycles. The van der Waals surface area contributed by atoms with Crippen LogP contribution in [0.15, 0.2) is 41.6 Å². The molecule has 1 aliphatic rings. The van der Waals surface area contributed by atoms with Crippen LogP contribution in [0.2, 0.25) is 0 Å². The topological polar surface area (TPSA) is 91.0 Å². The first-order valence-electron chi connectivity index (χ1n) is 9.28. The van der Waals surface area contributed by atoms with Crippen molar-refractivity contribution in [1.29, 1.82) is 0 Å². The molecule has 0 bridgehead atoms. The highest BCUT2D eigenvalue weighted by molar-refractivity contribution is 5.77. The lowest BCUT2D eigenvalue weighted by Crippen LogP contribution is -2.41. The number of aryl methyl sites for hydroxylation is 2. The van der Waals surface area contributed by atoms with Gasteiger partial charge in [0.15, 0.2) is 5.65 Å². The Labute approximate surface area is 162 Å². The van der Waals surface area contributed by atoms with Crippen molar-refractivity contribution in [2.24, 2.45) is 7.05 Å². The van der Waals surface area contributed by atoms with Crippen molar-refractivity contribution in [3.63, 3.8) is 0 Å². The normalized spacial score (nSPS) is 17.8. The molecule has 1 N–H and O–H groups in total. The van der Waals surface area contributed by atoms with Crippen molar-refractivity contribution in [2.45, 2.75) is 44.9 Å². The molecule has 1 atom stereocenters. The van der Waals surface area contributed by atoms with Crippen molar-refractivity contribution >= 4 is 16.9 Å². The van der Waals surface area contributed by atoms with E-state index >= 15 is 0 Å². The molecule has 1 aliphatic heterocycles. The van der Waals surface area contributed by atoms with Gasteiger partial charge in [0.25, 0.3) is 5.56 Å². The van der Waals surface area contributed by atoms with Gasteiger partial charge in [-0.05, 0) is 19.9 Å². The fourth-order valence-electron chi connectivity index (χ4n) is 3.65. The number of ether oxygens (including phenoxy) is 1. The SMILES string of the molecule is Cn1ncc2c(=O)n(CCC(=O)N[C@H]3CC(C)(C)Oc4ccccc43)cnc21. The third-order valence-corrected chi connectivity index (χ3v) is 5.01. The number of benzene rings is 1. The summed E-state index contributed by atoms with van der Waals surface area (Å²) in [6.45, 7) is 4.28. The van der Waals surface area contributed by atoms with E-state index in [1.54, 1.807) is 11.7 Å². The van der Waals surface area contributed by atoms with Gasteiger partial charge in [-0.25, -0.2) is 4.98 Å². The van der Waals surface area contributed by atoms with Gasteiger partial charge in [0, 0.05) is 32.0 Å². The molecule has 146 valence electrons. The van der Waals surface area contributed by atoms with Crippen molar-refractivity contribution in [1.82, 2.24) is 24.6 Å². The molecule has 0 saturated carbocycles. The lowest BCUT2D eigenvalue weighted by molar-refractivity contribution is -0.122. The summed E-state index contributed by atoms with van der Waals surface area (Å²) in [7, 11) is 1.74. The third kappa shape index (κ3) is 3.37. The fraction of sp³-hybridized carbons (Fsp3) is 0.400. The van der Waals surface area contributed by atoms with Crippen molar-refractivity contribution in [3.8, 4) is 5.75 Å². The standard InChI is InChI=1S/C20H23N5O3/c1-20(2)10-15(13-6-4-5-7-16(13)28-20)23-17(26)8-9-25-12-21-18-14(19(25)27)11-22-24(18)3/h4-7,11-12,15H,8-10H2,1-3H3,(H,23,26)/t15-/m0/s1. The Kier molecular flexibility index (Phi) is 4.41. The Morgan fingerprint density at radius 1 is 1.36 bits per heavy atom. The second kappa shape index (κ2) is 6.78. The largest absolute Gasteiger partial charge is 0.487 e.